The SMILES string of the molecule is CN(C)S(=O)(=O)CCNC(=O)NC1(CC(=O)O)CCC1. The summed E-state index contributed by atoms with van der Waals surface area (Å²) in [5, 5.41) is 13.9. The lowest BCUT2D eigenvalue weighted by atomic mass is 9.74. The van der Waals surface area contributed by atoms with Crippen molar-refractivity contribution in [2.45, 2.75) is 31.2 Å². The molecule has 116 valence electrons. The Morgan fingerprint density at radius 2 is 1.90 bits per heavy atom. The van der Waals surface area contributed by atoms with Gasteiger partial charge < -0.3 is 15.7 Å². The molecule has 0 aliphatic heterocycles. The summed E-state index contributed by atoms with van der Waals surface area (Å²) in [6, 6.07) is -0.528. The van der Waals surface area contributed by atoms with Crippen LogP contribution in [0, 0.1) is 0 Å². The predicted octanol–water partition coefficient (Wildman–Crippen LogP) is -0.426. The number of rotatable bonds is 7. The summed E-state index contributed by atoms with van der Waals surface area (Å²) in [4.78, 5) is 22.4. The van der Waals surface area contributed by atoms with Gasteiger partial charge in [-0.15, -0.1) is 0 Å². The predicted molar refractivity (Wildman–Crippen MR) is 72.8 cm³/mol. The topological polar surface area (TPSA) is 116 Å². The van der Waals surface area contributed by atoms with Crippen LogP contribution in [0.5, 0.6) is 0 Å². The molecule has 0 atom stereocenters. The van der Waals surface area contributed by atoms with Crippen LogP contribution in [0.25, 0.3) is 0 Å². The Kier molecular flexibility index (Phi) is 5.35. The number of carbonyl (C=O) groups is 2. The number of carbonyl (C=O) groups excluding carboxylic acids is 1. The van der Waals surface area contributed by atoms with E-state index in [-0.39, 0.29) is 18.7 Å². The van der Waals surface area contributed by atoms with Gasteiger partial charge in [0.05, 0.1) is 17.7 Å². The van der Waals surface area contributed by atoms with Crippen LogP contribution >= 0.6 is 0 Å². The lowest BCUT2D eigenvalue weighted by Crippen LogP contribution is -2.57. The number of amides is 2. The van der Waals surface area contributed by atoms with Crippen molar-refractivity contribution in [1.29, 1.82) is 0 Å². The Labute approximate surface area is 118 Å². The van der Waals surface area contributed by atoms with E-state index in [9.17, 15) is 18.0 Å². The van der Waals surface area contributed by atoms with Gasteiger partial charge in [0.2, 0.25) is 10.0 Å². The zero-order valence-electron chi connectivity index (χ0n) is 11.7. The number of hydrogen-bond acceptors (Lipinski definition) is 4. The maximum atomic E-state index is 11.7. The van der Waals surface area contributed by atoms with Crippen molar-refractivity contribution in [3.05, 3.63) is 0 Å². The van der Waals surface area contributed by atoms with Crippen LogP contribution in [-0.2, 0) is 14.8 Å². The second-order valence-corrected chi connectivity index (χ2v) is 7.49. The highest BCUT2D eigenvalue weighted by Crippen LogP contribution is 2.34. The molecule has 1 fully saturated rings. The molecule has 1 saturated carbocycles. The first-order valence-electron chi connectivity index (χ1n) is 6.35. The van der Waals surface area contributed by atoms with Crippen LogP contribution < -0.4 is 10.6 Å². The zero-order chi connectivity index (χ0) is 15.4. The van der Waals surface area contributed by atoms with E-state index in [0.717, 1.165) is 10.7 Å². The van der Waals surface area contributed by atoms with E-state index >= 15 is 0 Å². The van der Waals surface area contributed by atoms with E-state index < -0.39 is 27.6 Å². The van der Waals surface area contributed by atoms with Gasteiger partial charge in [-0.05, 0) is 19.3 Å². The number of sulfonamides is 1. The number of nitrogens with zero attached hydrogens (tertiary/aromatic N) is 1. The Bertz CT molecular complexity index is 470. The number of carboxylic acid groups (broad SMARTS) is 1. The van der Waals surface area contributed by atoms with E-state index in [1.807, 2.05) is 0 Å². The van der Waals surface area contributed by atoms with Crippen LogP contribution in [-0.4, -0.2) is 61.8 Å². The molecule has 0 aromatic rings. The molecule has 0 spiro atoms. The Balaban J connectivity index is 2.39. The molecule has 1 aliphatic carbocycles. The largest absolute Gasteiger partial charge is 0.481 e. The first-order chi connectivity index (χ1) is 9.17. The molecule has 0 heterocycles. The summed E-state index contributed by atoms with van der Waals surface area (Å²) in [5.41, 5.74) is -0.684. The number of nitrogens with one attached hydrogen (secondary N) is 2. The van der Waals surface area contributed by atoms with Crippen LogP contribution in [0.3, 0.4) is 0 Å². The highest BCUT2D eigenvalue weighted by molar-refractivity contribution is 7.89. The molecule has 0 aromatic heterocycles. The Morgan fingerprint density at radius 1 is 1.30 bits per heavy atom. The van der Waals surface area contributed by atoms with Gasteiger partial charge >= 0.3 is 12.0 Å². The summed E-state index contributed by atoms with van der Waals surface area (Å²) >= 11 is 0. The average molecular weight is 307 g/mol. The van der Waals surface area contributed by atoms with Gasteiger partial charge in [0, 0.05) is 20.6 Å². The molecule has 1 aliphatic rings. The summed E-state index contributed by atoms with van der Waals surface area (Å²) in [6.45, 7) is -0.0184. The summed E-state index contributed by atoms with van der Waals surface area (Å²) in [6.07, 6.45) is 2.02. The normalized spacial score (nSPS) is 17.4. The molecule has 9 heteroatoms. The molecule has 3 N–H and O–H groups in total. The van der Waals surface area contributed by atoms with Crippen molar-refractivity contribution in [2.24, 2.45) is 0 Å². The first-order valence-corrected chi connectivity index (χ1v) is 7.96. The van der Waals surface area contributed by atoms with Crippen molar-refractivity contribution in [3.8, 4) is 0 Å². The van der Waals surface area contributed by atoms with E-state index in [1.165, 1.54) is 14.1 Å². The van der Waals surface area contributed by atoms with Gasteiger partial charge in [-0.3, -0.25) is 4.79 Å². The van der Waals surface area contributed by atoms with Crippen LogP contribution in [0.1, 0.15) is 25.7 Å². The third-order valence-corrected chi connectivity index (χ3v) is 5.21. The standard InChI is InChI=1S/C11H21N3O5S/c1-14(2)20(18,19)7-6-12-10(17)13-11(4-3-5-11)8-9(15)16/h3-8H2,1-2H3,(H,15,16)(H2,12,13,17). The molecule has 0 aromatic carbocycles. The lowest BCUT2D eigenvalue weighted by Gasteiger charge is -2.41. The number of aliphatic carboxylic acids is 1. The minimum Gasteiger partial charge on any atom is -0.481 e. The van der Waals surface area contributed by atoms with Gasteiger partial charge in [0.1, 0.15) is 0 Å². The molecule has 1 rings (SSSR count). The Morgan fingerprint density at radius 3 is 2.30 bits per heavy atom. The third-order valence-electron chi connectivity index (χ3n) is 3.38. The molecule has 0 unspecified atom stereocenters. The van der Waals surface area contributed by atoms with E-state index in [4.69, 9.17) is 5.11 Å². The first kappa shape index (κ1) is 16.7. The molecular formula is C11H21N3O5S. The maximum absolute atomic E-state index is 11.7. The molecule has 20 heavy (non-hydrogen) atoms. The smallest absolute Gasteiger partial charge is 0.315 e. The average Bonchev–Trinajstić information content (AvgIpc) is 2.24. The van der Waals surface area contributed by atoms with E-state index in [2.05, 4.69) is 10.6 Å². The summed E-state index contributed by atoms with van der Waals surface area (Å²) < 4.78 is 24.1. The second kappa shape index (κ2) is 6.40. The molecule has 8 nitrogen and oxygen atoms in total. The molecular weight excluding hydrogens is 286 g/mol. The number of carboxylic acids is 1. The molecule has 2 amide bonds. The van der Waals surface area contributed by atoms with Crippen molar-refractivity contribution in [2.75, 3.05) is 26.4 Å². The quantitative estimate of drug-likeness (QED) is 0.590. The second-order valence-electron chi connectivity index (χ2n) is 5.18. The van der Waals surface area contributed by atoms with Gasteiger partial charge in [0.25, 0.3) is 0 Å². The molecule has 0 radical (unpaired) electrons. The monoisotopic (exact) mass is 307 g/mol. The van der Waals surface area contributed by atoms with Crippen molar-refractivity contribution in [3.63, 3.8) is 0 Å². The fourth-order valence-corrected chi connectivity index (χ4v) is 2.73. The number of hydrogen-bond donors (Lipinski definition) is 3. The van der Waals surface area contributed by atoms with Gasteiger partial charge in [-0.2, -0.15) is 0 Å². The minimum absolute atomic E-state index is 0.0184. The summed E-state index contributed by atoms with van der Waals surface area (Å²) in [7, 11) is -0.507. The molecule has 0 bridgehead atoms. The van der Waals surface area contributed by atoms with Crippen LogP contribution in [0.4, 0.5) is 4.79 Å². The van der Waals surface area contributed by atoms with Crippen molar-refractivity contribution in [1.82, 2.24) is 14.9 Å². The highest BCUT2D eigenvalue weighted by Gasteiger charge is 2.40. The van der Waals surface area contributed by atoms with Gasteiger partial charge in [-0.25, -0.2) is 17.5 Å². The van der Waals surface area contributed by atoms with E-state index in [0.29, 0.717) is 12.8 Å². The van der Waals surface area contributed by atoms with E-state index in [1.54, 1.807) is 0 Å². The zero-order valence-corrected chi connectivity index (χ0v) is 12.5. The van der Waals surface area contributed by atoms with Crippen molar-refractivity contribution < 1.29 is 23.1 Å². The maximum Gasteiger partial charge on any atom is 0.315 e. The minimum atomic E-state index is -3.35. The molecule has 0 saturated heterocycles. The number of urea groups is 1. The van der Waals surface area contributed by atoms with Gasteiger partial charge in [-0.1, -0.05) is 0 Å². The fraction of sp³-hybridized carbons (Fsp3) is 0.818. The van der Waals surface area contributed by atoms with Crippen LogP contribution in [0.15, 0.2) is 0 Å². The van der Waals surface area contributed by atoms with Crippen molar-refractivity contribution >= 4 is 22.0 Å². The van der Waals surface area contributed by atoms with Crippen LogP contribution in [0.2, 0.25) is 0 Å². The summed E-state index contributed by atoms with van der Waals surface area (Å²) in [5.74, 6) is -1.15. The Hall–Kier alpha value is -1.35. The lowest BCUT2D eigenvalue weighted by molar-refractivity contribution is -0.139. The third kappa shape index (κ3) is 4.64. The fourth-order valence-electron chi connectivity index (χ4n) is 2.00. The highest BCUT2D eigenvalue weighted by atomic mass is 32.2. The van der Waals surface area contributed by atoms with Gasteiger partial charge in [0.15, 0.2) is 0 Å².